The van der Waals surface area contributed by atoms with Crippen molar-refractivity contribution in [1.29, 1.82) is 5.26 Å². The minimum absolute atomic E-state index is 0.476. The van der Waals surface area contributed by atoms with Gasteiger partial charge in [-0.05, 0) is 24.6 Å². The molecule has 16 heavy (non-hydrogen) atoms. The zero-order valence-corrected chi connectivity index (χ0v) is 9.78. The first-order valence-corrected chi connectivity index (χ1v) is 4.93. The number of nitrogens with two attached hydrogens (primary N) is 1. The number of methoxy groups -OCH3 is 2. The molecule has 1 atom stereocenters. The van der Waals surface area contributed by atoms with Gasteiger partial charge in [0.1, 0.15) is 5.54 Å². The summed E-state index contributed by atoms with van der Waals surface area (Å²) in [5, 5.41) is 8.85. The lowest BCUT2D eigenvalue weighted by Crippen LogP contribution is -2.36. The number of ether oxygens (including phenoxy) is 2. The van der Waals surface area contributed by atoms with Gasteiger partial charge in [-0.1, -0.05) is 6.07 Å². The molecule has 1 unspecified atom stereocenters. The molecule has 0 radical (unpaired) electrons. The van der Waals surface area contributed by atoms with Gasteiger partial charge in [-0.25, -0.2) is 0 Å². The Morgan fingerprint density at radius 3 is 2.44 bits per heavy atom. The van der Waals surface area contributed by atoms with Crippen LogP contribution in [0.15, 0.2) is 18.2 Å². The Hall–Kier alpha value is -1.73. The van der Waals surface area contributed by atoms with Crippen molar-refractivity contribution >= 4 is 0 Å². The summed E-state index contributed by atoms with van der Waals surface area (Å²) < 4.78 is 10.3. The van der Waals surface area contributed by atoms with E-state index in [9.17, 15) is 0 Å². The van der Waals surface area contributed by atoms with Gasteiger partial charge in [0.05, 0.1) is 20.3 Å². The molecule has 2 N–H and O–H groups in total. The van der Waals surface area contributed by atoms with E-state index in [0.717, 1.165) is 5.56 Å². The van der Waals surface area contributed by atoms with Crippen molar-refractivity contribution in [2.24, 2.45) is 5.73 Å². The van der Waals surface area contributed by atoms with Gasteiger partial charge in [0, 0.05) is 6.42 Å². The van der Waals surface area contributed by atoms with Crippen LogP contribution in [-0.4, -0.2) is 19.8 Å². The van der Waals surface area contributed by atoms with E-state index < -0.39 is 5.54 Å². The summed E-state index contributed by atoms with van der Waals surface area (Å²) in [6.07, 6.45) is 0.476. The first-order valence-electron chi connectivity index (χ1n) is 4.93. The van der Waals surface area contributed by atoms with Crippen LogP contribution in [0, 0.1) is 11.3 Å². The Morgan fingerprint density at radius 2 is 1.94 bits per heavy atom. The predicted molar refractivity (Wildman–Crippen MR) is 61.5 cm³/mol. The Bertz CT molecular complexity index is 408. The molecule has 0 amide bonds. The standard InChI is InChI=1S/C12H16N2O2/c1-12(14,8-13)7-9-4-5-10(15-2)11(6-9)16-3/h4-6H,7,14H2,1-3H3. The second kappa shape index (κ2) is 4.86. The van der Waals surface area contributed by atoms with Crippen LogP contribution in [0.2, 0.25) is 0 Å². The normalized spacial score (nSPS) is 13.7. The summed E-state index contributed by atoms with van der Waals surface area (Å²) in [5.41, 5.74) is 5.86. The molecule has 0 saturated heterocycles. The maximum atomic E-state index is 8.85. The molecular weight excluding hydrogens is 204 g/mol. The van der Waals surface area contributed by atoms with Gasteiger partial charge in [0.25, 0.3) is 0 Å². The van der Waals surface area contributed by atoms with Crippen LogP contribution in [0.5, 0.6) is 11.5 Å². The molecule has 1 rings (SSSR count). The van der Waals surface area contributed by atoms with E-state index in [4.69, 9.17) is 20.5 Å². The predicted octanol–water partition coefficient (Wildman–Crippen LogP) is 1.49. The molecule has 0 fully saturated rings. The van der Waals surface area contributed by atoms with Crippen molar-refractivity contribution < 1.29 is 9.47 Å². The molecule has 4 heteroatoms. The van der Waals surface area contributed by atoms with Crippen molar-refractivity contribution in [1.82, 2.24) is 0 Å². The van der Waals surface area contributed by atoms with Crippen LogP contribution < -0.4 is 15.2 Å². The largest absolute Gasteiger partial charge is 0.493 e. The van der Waals surface area contributed by atoms with Crippen LogP contribution in [0.1, 0.15) is 12.5 Å². The molecule has 4 nitrogen and oxygen atoms in total. The minimum atomic E-state index is -0.862. The number of rotatable bonds is 4. The van der Waals surface area contributed by atoms with Gasteiger partial charge in [-0.15, -0.1) is 0 Å². The van der Waals surface area contributed by atoms with Gasteiger partial charge >= 0.3 is 0 Å². The zero-order valence-electron chi connectivity index (χ0n) is 9.78. The number of nitrogens with zero attached hydrogens (tertiary/aromatic N) is 1. The Balaban J connectivity index is 2.97. The number of hydrogen-bond donors (Lipinski definition) is 1. The molecule has 0 aliphatic rings. The highest BCUT2D eigenvalue weighted by Crippen LogP contribution is 2.28. The van der Waals surface area contributed by atoms with Crippen molar-refractivity contribution in [2.45, 2.75) is 18.9 Å². The smallest absolute Gasteiger partial charge is 0.160 e. The molecule has 1 aromatic carbocycles. The highest BCUT2D eigenvalue weighted by atomic mass is 16.5. The van der Waals surface area contributed by atoms with Crippen molar-refractivity contribution in [3.05, 3.63) is 23.8 Å². The first kappa shape index (κ1) is 12.3. The fourth-order valence-corrected chi connectivity index (χ4v) is 1.45. The highest BCUT2D eigenvalue weighted by molar-refractivity contribution is 5.43. The summed E-state index contributed by atoms with van der Waals surface area (Å²) in [6, 6.07) is 7.58. The van der Waals surface area contributed by atoms with Crippen LogP contribution in [0.25, 0.3) is 0 Å². The average molecular weight is 220 g/mol. The summed E-state index contributed by atoms with van der Waals surface area (Å²) in [5.74, 6) is 1.32. The molecule has 0 heterocycles. The third kappa shape index (κ3) is 2.88. The maximum Gasteiger partial charge on any atom is 0.160 e. The van der Waals surface area contributed by atoms with Gasteiger partial charge in [-0.2, -0.15) is 5.26 Å². The Kier molecular flexibility index (Phi) is 3.75. The summed E-state index contributed by atoms with van der Waals surface area (Å²) >= 11 is 0. The lowest BCUT2D eigenvalue weighted by atomic mass is 9.95. The van der Waals surface area contributed by atoms with Crippen molar-refractivity contribution in [3.8, 4) is 17.6 Å². The summed E-state index contributed by atoms with van der Waals surface area (Å²) in [6.45, 7) is 1.70. The number of benzene rings is 1. The maximum absolute atomic E-state index is 8.85. The molecule has 0 aliphatic heterocycles. The van der Waals surface area contributed by atoms with E-state index in [1.54, 1.807) is 21.1 Å². The average Bonchev–Trinajstić information content (AvgIpc) is 2.28. The van der Waals surface area contributed by atoms with E-state index in [2.05, 4.69) is 6.07 Å². The third-order valence-corrected chi connectivity index (χ3v) is 2.27. The zero-order chi connectivity index (χ0) is 12.2. The van der Waals surface area contributed by atoms with E-state index >= 15 is 0 Å². The molecule has 0 saturated carbocycles. The minimum Gasteiger partial charge on any atom is -0.493 e. The van der Waals surface area contributed by atoms with E-state index in [-0.39, 0.29) is 0 Å². The van der Waals surface area contributed by atoms with Gasteiger partial charge in [0.15, 0.2) is 11.5 Å². The van der Waals surface area contributed by atoms with Gasteiger partial charge < -0.3 is 15.2 Å². The molecule has 0 aromatic heterocycles. The molecule has 1 aromatic rings. The van der Waals surface area contributed by atoms with Gasteiger partial charge in [-0.3, -0.25) is 0 Å². The second-order valence-electron chi connectivity index (χ2n) is 3.90. The molecule has 86 valence electrons. The highest BCUT2D eigenvalue weighted by Gasteiger charge is 2.18. The number of nitriles is 1. The monoisotopic (exact) mass is 220 g/mol. The third-order valence-electron chi connectivity index (χ3n) is 2.27. The first-order chi connectivity index (χ1) is 7.52. The van der Waals surface area contributed by atoms with Crippen LogP contribution in [0.3, 0.4) is 0 Å². The van der Waals surface area contributed by atoms with E-state index in [1.165, 1.54) is 0 Å². The van der Waals surface area contributed by atoms with Crippen LogP contribution in [-0.2, 0) is 6.42 Å². The topological polar surface area (TPSA) is 68.3 Å². The van der Waals surface area contributed by atoms with E-state index in [0.29, 0.717) is 17.9 Å². The summed E-state index contributed by atoms with van der Waals surface area (Å²) in [4.78, 5) is 0. The molecular formula is C12H16N2O2. The second-order valence-corrected chi connectivity index (χ2v) is 3.90. The Morgan fingerprint density at radius 1 is 1.31 bits per heavy atom. The fourth-order valence-electron chi connectivity index (χ4n) is 1.45. The summed E-state index contributed by atoms with van der Waals surface area (Å²) in [7, 11) is 3.16. The number of hydrogen-bond acceptors (Lipinski definition) is 4. The molecule has 0 aliphatic carbocycles. The van der Waals surface area contributed by atoms with Crippen LogP contribution >= 0.6 is 0 Å². The SMILES string of the molecule is COc1ccc(CC(C)(N)C#N)cc1OC. The lowest BCUT2D eigenvalue weighted by molar-refractivity contribution is 0.354. The van der Waals surface area contributed by atoms with Crippen molar-refractivity contribution in [2.75, 3.05) is 14.2 Å². The van der Waals surface area contributed by atoms with Gasteiger partial charge in [0.2, 0.25) is 0 Å². The fraction of sp³-hybridized carbons (Fsp3) is 0.417. The van der Waals surface area contributed by atoms with Crippen LogP contribution in [0.4, 0.5) is 0 Å². The molecule has 0 spiro atoms. The van der Waals surface area contributed by atoms with Crippen molar-refractivity contribution in [3.63, 3.8) is 0 Å². The molecule has 0 bridgehead atoms. The Labute approximate surface area is 95.6 Å². The van der Waals surface area contributed by atoms with E-state index in [1.807, 2.05) is 18.2 Å². The quantitative estimate of drug-likeness (QED) is 0.834. The lowest BCUT2D eigenvalue weighted by Gasteiger charge is -2.16.